The Balaban J connectivity index is 1.81. The Kier molecular flexibility index (Phi) is 7.74. The number of benzene rings is 2. The third-order valence-electron chi connectivity index (χ3n) is 5.78. The fourth-order valence-electron chi connectivity index (χ4n) is 4.37. The minimum atomic E-state index is -2.61. The molecule has 0 aliphatic heterocycles. The van der Waals surface area contributed by atoms with Crippen molar-refractivity contribution in [3.8, 4) is 11.1 Å². The van der Waals surface area contributed by atoms with Crippen molar-refractivity contribution >= 4 is 11.8 Å². The van der Waals surface area contributed by atoms with Crippen LogP contribution in [-0.4, -0.2) is 37.9 Å². The highest BCUT2D eigenvalue weighted by atomic mass is 19.3. The molecule has 0 aromatic heterocycles. The molecule has 0 saturated carbocycles. The van der Waals surface area contributed by atoms with E-state index in [1.165, 1.54) is 0 Å². The van der Waals surface area contributed by atoms with E-state index in [4.69, 9.17) is 5.73 Å². The van der Waals surface area contributed by atoms with Gasteiger partial charge in [-0.1, -0.05) is 48.5 Å². The summed E-state index contributed by atoms with van der Waals surface area (Å²) in [5.41, 5.74) is 8.00. The van der Waals surface area contributed by atoms with Crippen LogP contribution in [-0.2, 0) is 15.0 Å². The lowest BCUT2D eigenvalue weighted by Gasteiger charge is -2.31. The molecule has 166 valence electrons. The number of halogens is 2. The fourth-order valence-corrected chi connectivity index (χ4v) is 4.37. The molecular weight excluding hydrogens is 400 g/mol. The van der Waals surface area contributed by atoms with Crippen molar-refractivity contribution in [2.75, 3.05) is 19.6 Å². The van der Waals surface area contributed by atoms with E-state index in [0.717, 1.165) is 22.3 Å². The molecule has 0 saturated heterocycles. The normalized spacial score (nSPS) is 13.5. The minimum absolute atomic E-state index is 0.0357. The number of hydrogen-bond donors (Lipinski definition) is 3. The van der Waals surface area contributed by atoms with Gasteiger partial charge in [0.05, 0.1) is 6.54 Å². The van der Waals surface area contributed by atoms with Crippen LogP contribution in [0.3, 0.4) is 0 Å². The van der Waals surface area contributed by atoms with Gasteiger partial charge in [-0.05, 0) is 54.5 Å². The van der Waals surface area contributed by atoms with E-state index < -0.39 is 24.3 Å². The molecule has 2 aromatic carbocycles. The quantitative estimate of drug-likeness (QED) is 0.479. The summed E-state index contributed by atoms with van der Waals surface area (Å²) in [7, 11) is 0. The van der Waals surface area contributed by atoms with Crippen molar-refractivity contribution in [3.63, 3.8) is 0 Å². The highest BCUT2D eigenvalue weighted by Gasteiger charge is 2.48. The van der Waals surface area contributed by atoms with Gasteiger partial charge in [-0.25, -0.2) is 8.78 Å². The molecule has 0 fully saturated rings. The van der Waals surface area contributed by atoms with Crippen LogP contribution in [0.15, 0.2) is 48.5 Å². The summed E-state index contributed by atoms with van der Waals surface area (Å²) in [4.78, 5) is 25.1. The highest BCUT2D eigenvalue weighted by Crippen LogP contribution is 2.51. The van der Waals surface area contributed by atoms with Gasteiger partial charge in [-0.15, -0.1) is 0 Å². The van der Waals surface area contributed by atoms with Gasteiger partial charge in [0.15, 0.2) is 0 Å². The van der Waals surface area contributed by atoms with Crippen molar-refractivity contribution < 1.29 is 18.4 Å². The van der Waals surface area contributed by atoms with E-state index in [2.05, 4.69) is 10.6 Å². The number of hydrogen-bond acceptors (Lipinski definition) is 3. The molecule has 0 unspecified atom stereocenters. The van der Waals surface area contributed by atoms with E-state index in [1.54, 1.807) is 0 Å². The number of alkyl halides is 2. The molecule has 3 rings (SSSR count). The van der Waals surface area contributed by atoms with Crippen LogP contribution in [0.5, 0.6) is 0 Å². The lowest BCUT2D eigenvalue weighted by Crippen LogP contribution is -2.45. The maximum atomic E-state index is 13.4. The van der Waals surface area contributed by atoms with Gasteiger partial charge < -0.3 is 16.4 Å². The van der Waals surface area contributed by atoms with Gasteiger partial charge in [0, 0.05) is 13.0 Å². The highest BCUT2D eigenvalue weighted by molar-refractivity contribution is 6.00. The first-order valence-corrected chi connectivity index (χ1v) is 10.7. The van der Waals surface area contributed by atoms with Crippen LogP contribution in [0.1, 0.15) is 43.2 Å². The van der Waals surface area contributed by atoms with Crippen LogP contribution in [0.25, 0.3) is 11.1 Å². The van der Waals surface area contributed by atoms with Gasteiger partial charge >= 0.3 is 0 Å². The predicted octanol–water partition coefficient (Wildman–Crippen LogP) is 3.36. The maximum Gasteiger partial charge on any atom is 0.255 e. The zero-order chi connectivity index (χ0) is 22.3. The number of fused-ring (bicyclic) bond motifs is 3. The summed E-state index contributed by atoms with van der Waals surface area (Å²) in [5, 5.41) is 5.33. The number of carbonyl (C=O) groups excluding carboxylic acids is 2. The molecule has 2 aromatic rings. The summed E-state index contributed by atoms with van der Waals surface area (Å²) in [6.45, 7) is 0.298. The molecule has 1 aliphatic rings. The summed E-state index contributed by atoms with van der Waals surface area (Å²) in [5.74, 6) is -0.441. The Bertz CT molecular complexity index is 872. The predicted molar refractivity (Wildman–Crippen MR) is 117 cm³/mol. The Morgan fingerprint density at radius 3 is 2.10 bits per heavy atom. The van der Waals surface area contributed by atoms with Crippen molar-refractivity contribution in [3.05, 3.63) is 59.7 Å². The van der Waals surface area contributed by atoms with Crippen LogP contribution in [0, 0.1) is 0 Å². The van der Waals surface area contributed by atoms with Crippen molar-refractivity contribution in [2.45, 2.75) is 43.9 Å². The first kappa shape index (κ1) is 22.9. The molecule has 0 bridgehead atoms. The summed E-state index contributed by atoms with van der Waals surface area (Å²) < 4.78 is 25.7. The second kappa shape index (κ2) is 10.5. The topological polar surface area (TPSA) is 84.2 Å². The SMILES string of the molecule is NCCCC(=O)NCCCCC1(C(=O)NCC(F)F)c2ccccc2-c2ccccc21. The zero-order valence-electron chi connectivity index (χ0n) is 17.5. The zero-order valence-corrected chi connectivity index (χ0v) is 17.5. The second-order valence-electron chi connectivity index (χ2n) is 7.80. The van der Waals surface area contributed by atoms with Gasteiger partial charge in [0.25, 0.3) is 6.43 Å². The van der Waals surface area contributed by atoms with E-state index in [9.17, 15) is 18.4 Å². The number of carbonyl (C=O) groups is 2. The maximum absolute atomic E-state index is 13.4. The van der Waals surface area contributed by atoms with Gasteiger partial charge in [0.2, 0.25) is 11.8 Å². The summed E-state index contributed by atoms with van der Waals surface area (Å²) in [6.07, 6.45) is 0.236. The molecule has 7 heteroatoms. The molecule has 0 radical (unpaired) electrons. The number of rotatable bonds is 11. The average Bonchev–Trinajstić information content (AvgIpc) is 3.07. The largest absolute Gasteiger partial charge is 0.356 e. The molecule has 1 aliphatic carbocycles. The van der Waals surface area contributed by atoms with Crippen LogP contribution in [0.2, 0.25) is 0 Å². The van der Waals surface area contributed by atoms with E-state index in [0.29, 0.717) is 45.2 Å². The Labute approximate surface area is 181 Å². The lowest BCUT2D eigenvalue weighted by atomic mass is 9.73. The fraction of sp³-hybridized carbons (Fsp3) is 0.417. The molecule has 5 nitrogen and oxygen atoms in total. The monoisotopic (exact) mass is 429 g/mol. The molecule has 4 N–H and O–H groups in total. The Hall–Kier alpha value is -2.80. The molecule has 0 atom stereocenters. The van der Waals surface area contributed by atoms with Crippen LogP contribution < -0.4 is 16.4 Å². The standard InChI is InChI=1S/C24H29F2N3O2/c25-21(26)16-29-23(31)24(13-5-6-15-28-22(30)12-7-14-27)19-10-3-1-8-17(19)18-9-2-4-11-20(18)24/h1-4,8-11,21H,5-7,12-16,27H2,(H,28,30)(H,29,31). The van der Waals surface area contributed by atoms with Crippen molar-refractivity contribution in [1.29, 1.82) is 0 Å². The molecular formula is C24H29F2N3O2. The first-order valence-electron chi connectivity index (χ1n) is 10.7. The van der Waals surface area contributed by atoms with E-state index >= 15 is 0 Å². The number of nitrogens with one attached hydrogen (secondary N) is 2. The van der Waals surface area contributed by atoms with Gasteiger partial charge in [-0.3, -0.25) is 9.59 Å². The molecule has 0 spiro atoms. The Morgan fingerprint density at radius 1 is 0.903 bits per heavy atom. The Morgan fingerprint density at radius 2 is 1.52 bits per heavy atom. The van der Waals surface area contributed by atoms with Crippen LogP contribution >= 0.6 is 0 Å². The molecule has 2 amide bonds. The third kappa shape index (κ3) is 4.93. The summed E-state index contributed by atoms with van der Waals surface area (Å²) in [6, 6.07) is 15.3. The van der Waals surface area contributed by atoms with E-state index in [1.807, 2.05) is 48.5 Å². The molecule has 31 heavy (non-hydrogen) atoms. The van der Waals surface area contributed by atoms with Crippen molar-refractivity contribution in [2.24, 2.45) is 5.73 Å². The second-order valence-corrected chi connectivity index (χ2v) is 7.80. The summed E-state index contributed by atoms with van der Waals surface area (Å²) >= 11 is 0. The van der Waals surface area contributed by atoms with Gasteiger partial charge in [0.1, 0.15) is 5.41 Å². The third-order valence-corrected chi connectivity index (χ3v) is 5.78. The van der Waals surface area contributed by atoms with E-state index in [-0.39, 0.29) is 5.91 Å². The molecule has 0 heterocycles. The van der Waals surface area contributed by atoms with Crippen molar-refractivity contribution in [1.82, 2.24) is 10.6 Å². The first-order chi connectivity index (χ1) is 15.0. The van der Waals surface area contributed by atoms with Gasteiger partial charge in [-0.2, -0.15) is 0 Å². The minimum Gasteiger partial charge on any atom is -0.356 e. The number of nitrogens with two attached hydrogens (primary N) is 1. The lowest BCUT2D eigenvalue weighted by molar-refractivity contribution is -0.126. The average molecular weight is 430 g/mol. The smallest absolute Gasteiger partial charge is 0.255 e. The number of amides is 2. The van der Waals surface area contributed by atoms with Crippen LogP contribution in [0.4, 0.5) is 8.78 Å². The number of unbranched alkanes of at least 4 members (excludes halogenated alkanes) is 1.